The van der Waals surface area contributed by atoms with Gasteiger partial charge in [-0.2, -0.15) is 42.3 Å². The Bertz CT molecular complexity index is 3140. The summed E-state index contributed by atoms with van der Waals surface area (Å²) in [5, 5.41) is 60.1. The van der Waals surface area contributed by atoms with Crippen molar-refractivity contribution in [3.8, 4) is 17.2 Å². The number of hydrogen-bond acceptors (Lipinski definition) is 16. The van der Waals surface area contributed by atoms with E-state index in [1.807, 2.05) is 0 Å². The third kappa shape index (κ3) is 7.97. The number of phenolic OH excluding ortho intramolecular Hbond substituents is 1. The fourth-order valence-corrected chi connectivity index (χ4v) is 7.48. The van der Waals surface area contributed by atoms with Gasteiger partial charge in [-0.05, 0) is 73.0 Å². The zero-order valence-corrected chi connectivity index (χ0v) is 32.4. The summed E-state index contributed by atoms with van der Waals surface area (Å²) >= 11 is 0. The van der Waals surface area contributed by atoms with Crippen molar-refractivity contribution in [1.82, 2.24) is 0 Å². The minimum atomic E-state index is -5.23. The van der Waals surface area contributed by atoms with Gasteiger partial charge >= 0.3 is 5.97 Å². The van der Waals surface area contributed by atoms with E-state index in [2.05, 4.69) is 35.8 Å². The Kier molecular flexibility index (Phi) is 10.6. The molecule has 20 nitrogen and oxygen atoms in total. The van der Waals surface area contributed by atoms with Crippen LogP contribution >= 0.6 is 0 Å². The average molecular weight is 853 g/mol. The number of benzene rings is 6. The Labute approximate surface area is 338 Å². The molecule has 6 aromatic rings. The van der Waals surface area contributed by atoms with Gasteiger partial charge in [0, 0.05) is 22.2 Å². The molecule has 22 heteroatoms. The lowest BCUT2D eigenvalue weighted by Gasteiger charge is -2.15. The summed E-state index contributed by atoms with van der Waals surface area (Å²) in [6.07, 6.45) is 0. The molecule has 304 valence electrons. The van der Waals surface area contributed by atoms with Crippen molar-refractivity contribution in [3.63, 3.8) is 0 Å². The van der Waals surface area contributed by atoms with Gasteiger partial charge in [-0.15, -0.1) is 15.3 Å². The number of carboxylic acids is 1. The quantitative estimate of drug-likeness (QED) is 0.0607. The SMILES string of the molecule is COc1cc(N=Nc2ccc(O)c(C(=O)O)c2)c2cc(S(=O)(=O)O)ccc2c1N=Nc1c(O)cc2ccc(N3N=C(C)C(N=Nc4ccccc4)C3=O)cc2c1S(=O)(=O)O. The van der Waals surface area contributed by atoms with Crippen LogP contribution in [0, 0.1) is 0 Å². The highest BCUT2D eigenvalue weighted by Gasteiger charge is 2.35. The van der Waals surface area contributed by atoms with E-state index in [1.54, 1.807) is 37.3 Å². The third-order valence-electron chi connectivity index (χ3n) is 8.95. The highest BCUT2D eigenvalue weighted by Crippen LogP contribution is 2.46. The van der Waals surface area contributed by atoms with Crippen LogP contribution < -0.4 is 9.75 Å². The van der Waals surface area contributed by atoms with Crippen LogP contribution in [0.4, 0.5) is 34.1 Å². The van der Waals surface area contributed by atoms with Gasteiger partial charge in [0.25, 0.3) is 26.1 Å². The van der Waals surface area contributed by atoms with E-state index >= 15 is 0 Å². The monoisotopic (exact) mass is 852 g/mol. The number of anilines is 1. The first-order valence-corrected chi connectivity index (χ1v) is 20.0. The molecule has 7 rings (SSSR count). The highest BCUT2D eigenvalue weighted by molar-refractivity contribution is 7.86. The number of carbonyl (C=O) groups excluding carboxylic acids is 1. The highest BCUT2D eigenvalue weighted by atomic mass is 32.2. The summed E-state index contributed by atoms with van der Waals surface area (Å²) in [4.78, 5) is 23.5. The molecule has 0 spiro atoms. The average Bonchev–Trinajstić information content (AvgIpc) is 3.49. The maximum Gasteiger partial charge on any atom is 0.339 e. The number of nitrogens with zero attached hydrogens (tertiary/aromatic N) is 8. The summed E-state index contributed by atoms with van der Waals surface area (Å²) in [6, 6.07) is 20.6. The zero-order valence-electron chi connectivity index (χ0n) is 30.8. The number of hydrazone groups is 1. The van der Waals surface area contributed by atoms with E-state index in [1.165, 1.54) is 43.5 Å². The van der Waals surface area contributed by atoms with Gasteiger partial charge in [-0.3, -0.25) is 13.9 Å². The molecule has 1 aliphatic heterocycles. The van der Waals surface area contributed by atoms with E-state index in [0.29, 0.717) is 11.4 Å². The number of ether oxygens (including phenoxy) is 1. The van der Waals surface area contributed by atoms with Crippen molar-refractivity contribution in [1.29, 1.82) is 0 Å². The minimum absolute atomic E-state index is 0.0240. The second kappa shape index (κ2) is 15.7. The number of amides is 1. The predicted octanol–water partition coefficient (Wildman–Crippen LogP) is 8.31. The molecule has 0 saturated heterocycles. The van der Waals surface area contributed by atoms with E-state index < -0.39 is 70.7 Å². The Morgan fingerprint density at radius 3 is 2.15 bits per heavy atom. The van der Waals surface area contributed by atoms with Gasteiger partial charge in [0.05, 0.1) is 40.5 Å². The summed E-state index contributed by atoms with van der Waals surface area (Å²) < 4.78 is 76.3. The molecule has 0 bridgehead atoms. The lowest BCUT2D eigenvalue weighted by Crippen LogP contribution is -2.29. The first-order chi connectivity index (χ1) is 28.4. The summed E-state index contributed by atoms with van der Waals surface area (Å²) in [6.45, 7) is 1.57. The molecule has 5 N–H and O–H groups in total. The maximum absolute atomic E-state index is 13.5. The van der Waals surface area contributed by atoms with Gasteiger partial charge in [0.2, 0.25) is 0 Å². The van der Waals surface area contributed by atoms with Crippen molar-refractivity contribution >= 4 is 93.5 Å². The van der Waals surface area contributed by atoms with Crippen molar-refractivity contribution in [2.75, 3.05) is 12.1 Å². The number of hydrogen-bond donors (Lipinski definition) is 5. The number of aromatic carboxylic acids is 1. The third-order valence-corrected chi connectivity index (χ3v) is 10.7. The molecular weight excluding hydrogens is 825 g/mol. The smallest absolute Gasteiger partial charge is 0.339 e. The molecule has 1 atom stereocenters. The van der Waals surface area contributed by atoms with Crippen LogP contribution in [0.1, 0.15) is 17.3 Å². The van der Waals surface area contributed by atoms with Gasteiger partial charge in [0.15, 0.2) is 6.04 Å². The number of aromatic hydroxyl groups is 2. The first kappa shape index (κ1) is 40.7. The number of phenols is 2. The van der Waals surface area contributed by atoms with Gasteiger partial charge in [-0.1, -0.05) is 30.3 Å². The fraction of sp³-hybridized carbons (Fsp3) is 0.0789. The van der Waals surface area contributed by atoms with Crippen LogP contribution in [0.5, 0.6) is 17.2 Å². The lowest BCUT2D eigenvalue weighted by atomic mass is 10.1. The van der Waals surface area contributed by atoms with Crippen LogP contribution in [0.15, 0.2) is 143 Å². The van der Waals surface area contributed by atoms with Crippen molar-refractivity contribution in [3.05, 3.63) is 103 Å². The molecule has 0 aliphatic carbocycles. The molecule has 1 amide bonds. The minimum Gasteiger partial charge on any atom is -0.507 e. The van der Waals surface area contributed by atoms with Crippen molar-refractivity contribution in [2.45, 2.75) is 22.8 Å². The first-order valence-electron chi connectivity index (χ1n) is 17.1. The van der Waals surface area contributed by atoms with Crippen LogP contribution in [-0.4, -0.2) is 72.0 Å². The molecule has 1 aliphatic rings. The number of azo groups is 3. The van der Waals surface area contributed by atoms with Gasteiger partial charge in [-0.25, -0.2) is 4.79 Å². The molecule has 1 unspecified atom stereocenters. The molecule has 60 heavy (non-hydrogen) atoms. The molecule has 1 heterocycles. The number of carboxylic acid groups (broad SMARTS) is 1. The van der Waals surface area contributed by atoms with Crippen LogP contribution in [-0.2, 0) is 25.0 Å². The fourth-order valence-electron chi connectivity index (χ4n) is 6.12. The zero-order chi connectivity index (χ0) is 43.1. The number of fused-ring (bicyclic) bond motifs is 2. The van der Waals surface area contributed by atoms with Crippen molar-refractivity contribution < 1.29 is 55.6 Å². The largest absolute Gasteiger partial charge is 0.507 e. The standard InChI is InChI=1S/C38H28N8O12S2/c1-19-33(42-39-21-6-4-3-5-7-21)37(49)46(45-19)23-10-8-20-14-31(48)35(36(26(20)16-23)60(55,56)57)44-43-34-25-12-11-24(59(52,53)54)17-27(25)29(18-32(34)58-2)41-40-22-9-13-30(47)28(15-22)38(50)51/h3-18,33,47-48H,1-2H3,(H,50,51)(H,52,53,54)(H,55,56,57). The molecule has 0 fully saturated rings. The lowest BCUT2D eigenvalue weighted by molar-refractivity contribution is -0.117. The summed E-state index contributed by atoms with van der Waals surface area (Å²) in [5.41, 5.74) is -0.637. The number of rotatable bonds is 11. The number of methoxy groups -OCH3 is 1. The molecule has 6 aromatic carbocycles. The predicted molar refractivity (Wildman–Crippen MR) is 215 cm³/mol. The number of carbonyl (C=O) groups is 2. The van der Waals surface area contributed by atoms with Gasteiger partial charge in [0.1, 0.15) is 39.1 Å². The van der Waals surface area contributed by atoms with Gasteiger partial charge < -0.3 is 20.1 Å². The summed E-state index contributed by atoms with van der Waals surface area (Å²) in [7, 11) is -8.79. The van der Waals surface area contributed by atoms with Crippen LogP contribution in [0.3, 0.4) is 0 Å². The Balaban J connectivity index is 1.34. The second-order valence-corrected chi connectivity index (χ2v) is 15.6. The molecular formula is C38H28N8O12S2. The Morgan fingerprint density at radius 2 is 1.47 bits per heavy atom. The van der Waals surface area contributed by atoms with E-state index in [0.717, 1.165) is 35.3 Å². The van der Waals surface area contributed by atoms with E-state index in [-0.39, 0.29) is 50.0 Å². The Morgan fingerprint density at radius 1 is 0.733 bits per heavy atom. The normalized spacial score (nSPS) is 14.9. The Hall–Kier alpha value is -7.53. The molecule has 0 aromatic heterocycles. The summed E-state index contributed by atoms with van der Waals surface area (Å²) in [5.74, 6) is -3.42. The van der Waals surface area contributed by atoms with Crippen molar-refractivity contribution in [2.24, 2.45) is 35.8 Å². The molecule has 0 radical (unpaired) electrons. The van der Waals surface area contributed by atoms with Crippen LogP contribution in [0.2, 0.25) is 0 Å². The topological polar surface area (TPSA) is 303 Å². The second-order valence-electron chi connectivity index (χ2n) is 12.8. The van der Waals surface area contributed by atoms with E-state index in [9.17, 15) is 50.8 Å². The molecule has 0 saturated carbocycles. The van der Waals surface area contributed by atoms with E-state index in [4.69, 9.17) is 4.74 Å². The maximum atomic E-state index is 13.5. The van der Waals surface area contributed by atoms with Crippen LogP contribution in [0.25, 0.3) is 21.5 Å².